The van der Waals surface area contributed by atoms with Gasteiger partial charge in [0.2, 0.25) is 0 Å². The van der Waals surface area contributed by atoms with Crippen LogP contribution in [0.15, 0.2) is 36.5 Å². The molecule has 1 aliphatic rings. The van der Waals surface area contributed by atoms with Gasteiger partial charge in [0.25, 0.3) is 0 Å². The monoisotopic (exact) mass is 833 g/mol. The van der Waals surface area contributed by atoms with E-state index in [9.17, 15) is 28.5 Å². The first-order valence-electron chi connectivity index (χ1n) is 22.2. The summed E-state index contributed by atoms with van der Waals surface area (Å²) in [5, 5.41) is 30.6. The summed E-state index contributed by atoms with van der Waals surface area (Å²) >= 11 is 0. The third-order valence-corrected chi connectivity index (χ3v) is 10.5. The number of unbranched alkanes of at least 4 members (excludes halogenated alkanes) is 19. The molecule has 0 aliphatic carbocycles. The van der Waals surface area contributed by atoms with Gasteiger partial charge in [-0.3, -0.25) is 9.35 Å². The van der Waals surface area contributed by atoms with E-state index in [0.29, 0.717) is 13.0 Å². The molecule has 334 valence electrons. The number of hydrogen-bond acceptors (Lipinski definition) is 11. The Kier molecular flexibility index (Phi) is 33.9. The number of carbonyl (C=O) groups is 1. The molecular formula is C44H80O12S. The van der Waals surface area contributed by atoms with Crippen LogP contribution in [0.1, 0.15) is 174 Å². The van der Waals surface area contributed by atoms with Crippen LogP contribution < -0.4 is 0 Å². The summed E-state index contributed by atoms with van der Waals surface area (Å²) in [5.41, 5.74) is 0. The van der Waals surface area contributed by atoms with E-state index in [0.717, 1.165) is 70.6 Å². The molecule has 1 aliphatic heterocycles. The van der Waals surface area contributed by atoms with Crippen LogP contribution in [0.25, 0.3) is 0 Å². The molecule has 12 nitrogen and oxygen atoms in total. The molecule has 1 fully saturated rings. The number of aliphatic hydroxyl groups is 3. The molecule has 0 aromatic carbocycles. The third kappa shape index (κ3) is 30.1. The van der Waals surface area contributed by atoms with Gasteiger partial charge in [0.05, 0.1) is 19.8 Å². The highest BCUT2D eigenvalue weighted by atomic mass is 32.3. The fourth-order valence-electron chi connectivity index (χ4n) is 6.69. The molecule has 0 saturated carbocycles. The maximum absolute atomic E-state index is 12.8. The lowest BCUT2D eigenvalue weighted by Crippen LogP contribution is -2.60. The molecule has 0 spiro atoms. The van der Waals surface area contributed by atoms with E-state index in [1.54, 1.807) is 0 Å². The van der Waals surface area contributed by atoms with Gasteiger partial charge >= 0.3 is 16.4 Å². The van der Waals surface area contributed by atoms with Gasteiger partial charge < -0.3 is 34.3 Å². The van der Waals surface area contributed by atoms with Crippen molar-refractivity contribution in [1.82, 2.24) is 0 Å². The molecule has 1 saturated heterocycles. The van der Waals surface area contributed by atoms with Crippen LogP contribution >= 0.6 is 0 Å². The molecule has 1 rings (SSSR count). The standard InChI is InChI=1S/C44H80O12S/c1-3-5-7-9-11-13-15-17-19-20-22-24-26-28-30-32-34-52-36-38(37-53-44-42(48)43(56-57(49,50)51)41(47)39(35-45)55-44)54-40(46)33-31-29-27-25-23-21-18-16-14-12-10-8-6-4-2/h5,7,11,13,17,19,38-39,41-45,47-48H,3-4,6,8-10,12,14-16,18,20-37H2,1-2H3,(H,49,50,51)/b7-5-,13-11-,19-17-. The second kappa shape index (κ2) is 36.2. The van der Waals surface area contributed by atoms with Crippen molar-refractivity contribution in [2.24, 2.45) is 0 Å². The second-order valence-corrected chi connectivity index (χ2v) is 16.3. The summed E-state index contributed by atoms with van der Waals surface area (Å²) in [5.74, 6) is -0.404. The van der Waals surface area contributed by atoms with Crippen LogP contribution in [-0.2, 0) is 38.3 Å². The van der Waals surface area contributed by atoms with Crippen LogP contribution in [0, 0.1) is 0 Å². The Morgan fingerprint density at radius 2 is 1.21 bits per heavy atom. The largest absolute Gasteiger partial charge is 0.457 e. The number of rotatable bonds is 38. The number of esters is 1. The molecule has 0 amide bonds. The van der Waals surface area contributed by atoms with Crippen LogP contribution in [0.4, 0.5) is 0 Å². The molecular weight excluding hydrogens is 753 g/mol. The van der Waals surface area contributed by atoms with E-state index in [4.69, 9.17) is 23.5 Å². The molecule has 4 N–H and O–H groups in total. The van der Waals surface area contributed by atoms with Gasteiger partial charge in [0, 0.05) is 13.0 Å². The van der Waals surface area contributed by atoms with E-state index >= 15 is 0 Å². The van der Waals surface area contributed by atoms with Crippen molar-refractivity contribution in [3.63, 3.8) is 0 Å². The van der Waals surface area contributed by atoms with Crippen LogP contribution in [0.3, 0.4) is 0 Å². The Bertz CT molecular complexity index is 1140. The van der Waals surface area contributed by atoms with Gasteiger partial charge in [0.15, 0.2) is 6.29 Å². The number of carbonyl (C=O) groups excluding carboxylic acids is 1. The topological polar surface area (TPSA) is 178 Å². The van der Waals surface area contributed by atoms with Crippen LogP contribution in [-0.4, -0.2) is 97.5 Å². The minimum absolute atomic E-state index is 0.0290. The molecule has 6 unspecified atom stereocenters. The zero-order valence-electron chi connectivity index (χ0n) is 35.4. The predicted molar refractivity (Wildman–Crippen MR) is 225 cm³/mol. The summed E-state index contributed by atoms with van der Waals surface area (Å²) < 4.78 is 59.0. The van der Waals surface area contributed by atoms with E-state index < -0.39 is 59.8 Å². The Morgan fingerprint density at radius 3 is 1.77 bits per heavy atom. The lowest BCUT2D eigenvalue weighted by molar-refractivity contribution is -0.301. The lowest BCUT2D eigenvalue weighted by Gasteiger charge is -2.41. The summed E-state index contributed by atoms with van der Waals surface area (Å²) in [7, 11) is -5.06. The fraction of sp³-hybridized carbons (Fsp3) is 0.841. The average molecular weight is 833 g/mol. The minimum Gasteiger partial charge on any atom is -0.457 e. The van der Waals surface area contributed by atoms with Crippen molar-refractivity contribution in [2.75, 3.05) is 26.4 Å². The maximum atomic E-state index is 12.8. The molecule has 1 heterocycles. The summed E-state index contributed by atoms with van der Waals surface area (Å²) in [6.45, 7) is 3.85. The number of hydrogen-bond donors (Lipinski definition) is 4. The molecule has 57 heavy (non-hydrogen) atoms. The first-order valence-corrected chi connectivity index (χ1v) is 23.6. The zero-order chi connectivity index (χ0) is 41.8. The zero-order valence-corrected chi connectivity index (χ0v) is 36.2. The second-order valence-electron chi connectivity index (χ2n) is 15.3. The van der Waals surface area contributed by atoms with E-state index in [2.05, 4.69) is 54.5 Å². The molecule has 13 heteroatoms. The molecule has 0 aromatic heterocycles. The SMILES string of the molecule is CC/C=C\C/C=C\C/C=C\CCCCCCCCOCC(COC1OC(CO)C(O)C(OS(=O)(=O)O)C1O)OC(=O)CCCCCCCCCCCCCCCC. The molecule has 0 aromatic rings. The van der Waals surface area contributed by atoms with E-state index in [-0.39, 0.29) is 19.6 Å². The number of allylic oxidation sites excluding steroid dienone is 6. The Hall–Kier alpha value is -1.68. The van der Waals surface area contributed by atoms with Gasteiger partial charge in [0.1, 0.15) is 30.5 Å². The normalized spacial score (nSPS) is 21.0. The molecule has 0 radical (unpaired) electrons. The van der Waals surface area contributed by atoms with Crippen molar-refractivity contribution in [2.45, 2.75) is 211 Å². The first-order chi connectivity index (χ1) is 27.6. The van der Waals surface area contributed by atoms with Gasteiger partial charge in [-0.15, -0.1) is 0 Å². The van der Waals surface area contributed by atoms with Crippen molar-refractivity contribution in [1.29, 1.82) is 0 Å². The van der Waals surface area contributed by atoms with Crippen LogP contribution in [0.2, 0.25) is 0 Å². The van der Waals surface area contributed by atoms with Gasteiger partial charge in [-0.2, -0.15) is 8.42 Å². The minimum atomic E-state index is -5.06. The van der Waals surface area contributed by atoms with Crippen LogP contribution in [0.5, 0.6) is 0 Å². The smallest absolute Gasteiger partial charge is 0.397 e. The van der Waals surface area contributed by atoms with Gasteiger partial charge in [-0.05, 0) is 44.9 Å². The number of ether oxygens (including phenoxy) is 4. The average Bonchev–Trinajstić information content (AvgIpc) is 3.18. The van der Waals surface area contributed by atoms with Crippen molar-refractivity contribution in [3.8, 4) is 0 Å². The predicted octanol–water partition coefficient (Wildman–Crippen LogP) is 9.02. The lowest BCUT2D eigenvalue weighted by atomic mass is 9.99. The van der Waals surface area contributed by atoms with Gasteiger partial charge in [-0.25, -0.2) is 4.18 Å². The van der Waals surface area contributed by atoms with E-state index in [1.165, 1.54) is 77.0 Å². The Morgan fingerprint density at radius 1 is 0.684 bits per heavy atom. The van der Waals surface area contributed by atoms with Crippen molar-refractivity contribution < 1.29 is 56.2 Å². The molecule has 0 bridgehead atoms. The highest BCUT2D eigenvalue weighted by molar-refractivity contribution is 7.80. The highest BCUT2D eigenvalue weighted by Crippen LogP contribution is 2.26. The summed E-state index contributed by atoms with van der Waals surface area (Å²) in [4.78, 5) is 12.8. The Balaban J connectivity index is 2.44. The Labute approximate surface area is 345 Å². The van der Waals surface area contributed by atoms with Crippen molar-refractivity contribution in [3.05, 3.63) is 36.5 Å². The third-order valence-electron chi connectivity index (χ3n) is 10.0. The quantitative estimate of drug-likeness (QED) is 0.0201. The first kappa shape index (κ1) is 53.3. The fourth-order valence-corrected chi connectivity index (χ4v) is 7.20. The van der Waals surface area contributed by atoms with Crippen molar-refractivity contribution >= 4 is 16.4 Å². The maximum Gasteiger partial charge on any atom is 0.397 e. The van der Waals surface area contributed by atoms with E-state index in [1.807, 2.05) is 0 Å². The summed E-state index contributed by atoms with van der Waals surface area (Å²) in [6, 6.07) is 0. The highest BCUT2D eigenvalue weighted by Gasteiger charge is 2.48. The number of aliphatic hydroxyl groups excluding tert-OH is 3. The molecule has 6 atom stereocenters. The van der Waals surface area contributed by atoms with Gasteiger partial charge in [-0.1, -0.05) is 159 Å². The summed E-state index contributed by atoms with van der Waals surface area (Å²) in [6.07, 6.45) is 31.7.